The lowest BCUT2D eigenvalue weighted by molar-refractivity contribution is -0.0563. The molecule has 1 fully saturated rings. The zero-order valence-corrected chi connectivity index (χ0v) is 22.4. The number of ether oxygens (including phenoxy) is 1. The van der Waals surface area contributed by atoms with E-state index in [4.69, 9.17) is 14.7 Å². The maximum atomic E-state index is 10.5. The maximum absolute atomic E-state index is 10.5. The fraction of sp³-hybridized carbons (Fsp3) is 0.467. The third-order valence-electron chi connectivity index (χ3n) is 6.54. The fourth-order valence-electron chi connectivity index (χ4n) is 4.63. The average Bonchev–Trinajstić information content (AvgIpc) is 2.85. The highest BCUT2D eigenvalue weighted by molar-refractivity contribution is 5.61. The minimum atomic E-state index is -0.487. The van der Waals surface area contributed by atoms with Gasteiger partial charge in [0.2, 0.25) is 0 Å². The van der Waals surface area contributed by atoms with Gasteiger partial charge in [-0.05, 0) is 40.2 Å². The summed E-state index contributed by atoms with van der Waals surface area (Å²) in [7, 11) is 0. The number of aliphatic hydroxyl groups is 1. The topological polar surface area (TPSA) is 61.7 Å². The quantitative estimate of drug-likeness (QED) is 0.498. The van der Waals surface area contributed by atoms with Crippen LogP contribution < -0.4 is 4.90 Å². The van der Waals surface area contributed by atoms with Crippen molar-refractivity contribution in [3.63, 3.8) is 0 Å². The lowest BCUT2D eigenvalue weighted by Crippen LogP contribution is -2.50. The van der Waals surface area contributed by atoms with Gasteiger partial charge < -0.3 is 14.7 Å². The van der Waals surface area contributed by atoms with E-state index in [1.165, 1.54) is 16.7 Å². The maximum Gasteiger partial charge on any atom is 0.161 e. The molecule has 2 heterocycles. The third kappa shape index (κ3) is 7.12. The Morgan fingerprint density at radius 2 is 1.67 bits per heavy atom. The SMILES string of the molecule is Cc1cccc(Cc2c(C)nc(-c3ccccc3)nc2N2CCN(C[C@@H](O)COC(C)(C)C)CC2)c1. The number of aryl methyl sites for hydroxylation is 2. The third-order valence-corrected chi connectivity index (χ3v) is 6.54. The van der Waals surface area contributed by atoms with Gasteiger partial charge in [-0.25, -0.2) is 9.97 Å². The highest BCUT2D eigenvalue weighted by Gasteiger charge is 2.25. The Bertz CT molecular complexity index is 1140. The van der Waals surface area contributed by atoms with Crippen LogP contribution in [0.2, 0.25) is 0 Å². The minimum Gasteiger partial charge on any atom is -0.389 e. The Balaban J connectivity index is 1.53. The van der Waals surface area contributed by atoms with Crippen molar-refractivity contribution in [2.75, 3.05) is 44.2 Å². The average molecular weight is 489 g/mol. The second-order valence-corrected chi connectivity index (χ2v) is 10.8. The number of anilines is 1. The Kier molecular flexibility index (Phi) is 8.39. The van der Waals surface area contributed by atoms with Crippen molar-refractivity contribution in [1.82, 2.24) is 14.9 Å². The van der Waals surface area contributed by atoms with Crippen LogP contribution in [0.5, 0.6) is 0 Å². The Morgan fingerprint density at radius 1 is 0.944 bits per heavy atom. The predicted molar refractivity (Wildman–Crippen MR) is 147 cm³/mol. The molecular formula is C30H40N4O2. The first-order chi connectivity index (χ1) is 17.2. The molecule has 1 atom stereocenters. The van der Waals surface area contributed by atoms with Crippen LogP contribution >= 0.6 is 0 Å². The molecule has 36 heavy (non-hydrogen) atoms. The summed E-state index contributed by atoms with van der Waals surface area (Å²) in [6.07, 6.45) is 0.319. The molecule has 192 valence electrons. The second-order valence-electron chi connectivity index (χ2n) is 10.8. The molecule has 2 aromatic carbocycles. The molecule has 0 aliphatic carbocycles. The number of hydrogen-bond donors (Lipinski definition) is 1. The van der Waals surface area contributed by atoms with Gasteiger partial charge in [-0.2, -0.15) is 0 Å². The van der Waals surface area contributed by atoms with Crippen LogP contribution in [-0.4, -0.2) is 71.0 Å². The van der Waals surface area contributed by atoms with E-state index in [0.29, 0.717) is 13.2 Å². The van der Waals surface area contributed by atoms with Gasteiger partial charge in [0.05, 0.1) is 18.3 Å². The number of hydrogen-bond acceptors (Lipinski definition) is 6. The number of aliphatic hydroxyl groups excluding tert-OH is 1. The Hall–Kier alpha value is -2.80. The molecule has 1 aliphatic rings. The van der Waals surface area contributed by atoms with Crippen molar-refractivity contribution < 1.29 is 9.84 Å². The Morgan fingerprint density at radius 3 is 2.33 bits per heavy atom. The smallest absolute Gasteiger partial charge is 0.161 e. The van der Waals surface area contributed by atoms with E-state index in [1.807, 2.05) is 39.0 Å². The molecule has 0 bridgehead atoms. The standard InChI is InChI=1S/C30H40N4O2/c1-22-10-9-11-24(18-22)19-27-23(2)31-28(25-12-7-6-8-13-25)32-29(27)34-16-14-33(15-17-34)20-26(35)21-36-30(3,4)5/h6-13,18,26,35H,14-17,19-21H2,1-5H3/t26-/m1/s1. The predicted octanol–water partition coefficient (Wildman–Crippen LogP) is 4.65. The fourth-order valence-corrected chi connectivity index (χ4v) is 4.63. The molecule has 0 amide bonds. The van der Waals surface area contributed by atoms with E-state index in [1.54, 1.807) is 0 Å². The number of benzene rings is 2. The van der Waals surface area contributed by atoms with E-state index in [-0.39, 0.29) is 5.60 Å². The number of aromatic nitrogens is 2. The molecule has 0 radical (unpaired) electrons. The van der Waals surface area contributed by atoms with E-state index in [0.717, 1.165) is 55.5 Å². The molecule has 1 aromatic heterocycles. The summed E-state index contributed by atoms with van der Waals surface area (Å²) in [5.74, 6) is 1.80. The van der Waals surface area contributed by atoms with Crippen LogP contribution in [0.4, 0.5) is 5.82 Å². The molecule has 1 aliphatic heterocycles. The normalized spacial score (nSPS) is 15.8. The van der Waals surface area contributed by atoms with Crippen molar-refractivity contribution in [3.8, 4) is 11.4 Å². The van der Waals surface area contributed by atoms with Crippen LogP contribution in [0, 0.1) is 13.8 Å². The minimum absolute atomic E-state index is 0.241. The summed E-state index contributed by atoms with van der Waals surface area (Å²) in [5, 5.41) is 10.5. The van der Waals surface area contributed by atoms with Gasteiger partial charge >= 0.3 is 0 Å². The van der Waals surface area contributed by atoms with Crippen LogP contribution in [0.3, 0.4) is 0 Å². The summed E-state index contributed by atoms with van der Waals surface area (Å²) >= 11 is 0. The molecular weight excluding hydrogens is 448 g/mol. The summed E-state index contributed by atoms with van der Waals surface area (Å²) in [4.78, 5) is 14.7. The van der Waals surface area contributed by atoms with Crippen molar-refractivity contribution in [2.45, 2.75) is 52.7 Å². The first kappa shape index (κ1) is 26.3. The number of piperazine rings is 1. The van der Waals surface area contributed by atoms with E-state index < -0.39 is 6.10 Å². The van der Waals surface area contributed by atoms with Crippen LogP contribution in [-0.2, 0) is 11.2 Å². The first-order valence-electron chi connectivity index (χ1n) is 13.0. The molecule has 6 heteroatoms. The van der Waals surface area contributed by atoms with Crippen molar-refractivity contribution >= 4 is 5.82 Å². The molecule has 0 saturated carbocycles. The Labute approximate surface area is 216 Å². The van der Waals surface area contributed by atoms with E-state index in [2.05, 4.69) is 60.0 Å². The van der Waals surface area contributed by atoms with E-state index in [9.17, 15) is 5.11 Å². The van der Waals surface area contributed by atoms with Gasteiger partial charge in [0.15, 0.2) is 5.82 Å². The van der Waals surface area contributed by atoms with E-state index >= 15 is 0 Å². The number of β-amino-alcohol motifs (C(OH)–C–C–N with tert-alkyl or cyclic N) is 1. The van der Waals surface area contributed by atoms with Crippen LogP contribution in [0.1, 0.15) is 43.2 Å². The summed E-state index contributed by atoms with van der Waals surface area (Å²) < 4.78 is 5.77. The van der Waals surface area contributed by atoms with Crippen molar-refractivity contribution in [3.05, 3.63) is 77.0 Å². The molecule has 1 N–H and O–H groups in total. The van der Waals surface area contributed by atoms with Gasteiger partial charge in [-0.3, -0.25) is 4.90 Å². The molecule has 0 unspecified atom stereocenters. The van der Waals surface area contributed by atoms with Crippen molar-refractivity contribution in [2.24, 2.45) is 0 Å². The number of nitrogens with zero attached hydrogens (tertiary/aromatic N) is 4. The van der Waals surface area contributed by atoms with Crippen LogP contribution in [0.25, 0.3) is 11.4 Å². The monoisotopic (exact) mass is 488 g/mol. The second kappa shape index (κ2) is 11.5. The molecule has 6 nitrogen and oxygen atoms in total. The summed E-state index contributed by atoms with van der Waals surface area (Å²) in [6.45, 7) is 14.7. The first-order valence-corrected chi connectivity index (χ1v) is 13.0. The molecule has 0 spiro atoms. The summed E-state index contributed by atoms with van der Waals surface area (Å²) in [5.41, 5.74) is 5.54. The lowest BCUT2D eigenvalue weighted by atomic mass is 10.0. The zero-order valence-electron chi connectivity index (χ0n) is 22.4. The van der Waals surface area contributed by atoms with Gasteiger partial charge in [-0.15, -0.1) is 0 Å². The molecule has 4 rings (SSSR count). The van der Waals surface area contributed by atoms with Gasteiger partial charge in [0.1, 0.15) is 5.82 Å². The highest BCUT2D eigenvalue weighted by atomic mass is 16.5. The van der Waals surface area contributed by atoms with Gasteiger partial charge in [-0.1, -0.05) is 60.2 Å². The van der Waals surface area contributed by atoms with Gasteiger partial charge in [0.25, 0.3) is 0 Å². The number of rotatable bonds is 8. The van der Waals surface area contributed by atoms with Crippen LogP contribution in [0.15, 0.2) is 54.6 Å². The lowest BCUT2D eigenvalue weighted by Gasteiger charge is -2.37. The summed E-state index contributed by atoms with van der Waals surface area (Å²) in [6, 6.07) is 18.9. The highest BCUT2D eigenvalue weighted by Crippen LogP contribution is 2.28. The van der Waals surface area contributed by atoms with Gasteiger partial charge in [0, 0.05) is 56.0 Å². The molecule has 3 aromatic rings. The zero-order chi connectivity index (χ0) is 25.7. The van der Waals surface area contributed by atoms with Crippen molar-refractivity contribution in [1.29, 1.82) is 0 Å². The molecule has 1 saturated heterocycles. The largest absolute Gasteiger partial charge is 0.389 e.